The number of hydrogen-bond acceptors (Lipinski definition) is 2. The van der Waals surface area contributed by atoms with Crippen molar-refractivity contribution < 1.29 is 22.5 Å². The number of rotatable bonds is 10. The Labute approximate surface area is 691 Å². The van der Waals surface area contributed by atoms with Gasteiger partial charge in [0, 0.05) is 54.7 Å². The van der Waals surface area contributed by atoms with Gasteiger partial charge in [0.15, 0.2) is 0 Å². The van der Waals surface area contributed by atoms with Crippen molar-refractivity contribution in [3.8, 4) is 106 Å². The maximum absolute atomic E-state index is 9.03. The third-order valence-corrected chi connectivity index (χ3v) is 24.2. The van der Waals surface area contributed by atoms with Crippen molar-refractivity contribution in [2.24, 2.45) is 0 Å². The molecule has 3 heterocycles. The third kappa shape index (κ3) is 11.2. The van der Waals surface area contributed by atoms with Gasteiger partial charge in [0.2, 0.25) is 0 Å². The molecule has 548 valence electrons. The summed E-state index contributed by atoms with van der Waals surface area (Å²) in [5.74, 6) is 0. The van der Waals surface area contributed by atoms with Crippen LogP contribution in [0.15, 0.2) is 415 Å². The van der Waals surface area contributed by atoms with Crippen LogP contribution in [0.4, 0.5) is 0 Å². The van der Waals surface area contributed by atoms with Crippen LogP contribution in [0.5, 0.6) is 0 Å². The summed E-state index contributed by atoms with van der Waals surface area (Å²) in [7, 11) is 0. The number of hydrogen-bond donors (Lipinski definition) is 0. The number of para-hydroxylation sites is 3. The molecule has 0 amide bonds. The van der Waals surface area contributed by atoms with Gasteiger partial charge in [-0.05, 0) is 229 Å². The van der Waals surface area contributed by atoms with Crippen LogP contribution in [0.1, 0.15) is 37.7 Å². The minimum Gasteiger partial charge on any atom is -0.456 e. The lowest BCUT2D eigenvalue weighted by molar-refractivity contribution is 0.669. The zero-order chi connectivity index (χ0) is 85.7. The van der Waals surface area contributed by atoms with Crippen LogP contribution in [-0.2, 0) is 12.8 Å². The largest absolute Gasteiger partial charge is 0.456 e. The molecule has 0 saturated carbocycles. The lowest BCUT2D eigenvalue weighted by Gasteiger charge is -2.22. The van der Waals surface area contributed by atoms with E-state index < -0.39 is 12.1 Å². The lowest BCUT2D eigenvalue weighted by atomic mass is 9.81. The van der Waals surface area contributed by atoms with Crippen LogP contribution in [0, 0.1) is 0 Å². The minimum absolute atomic E-state index is 0.195. The average molecular weight is 1500 g/mol. The molecule has 0 spiro atoms. The normalized spacial score (nSPS) is 13.5. The smallest absolute Gasteiger partial charge is 0.143 e. The molecule has 0 radical (unpaired) electrons. The van der Waals surface area contributed by atoms with Crippen molar-refractivity contribution in [1.29, 1.82) is 0 Å². The van der Waals surface area contributed by atoms with E-state index in [1.54, 1.807) is 0 Å². The van der Waals surface area contributed by atoms with E-state index in [0.717, 1.165) is 190 Å². The minimum atomic E-state index is -0.408. The Morgan fingerprint density at radius 2 is 0.692 bits per heavy atom. The van der Waals surface area contributed by atoms with E-state index in [-0.39, 0.29) is 59.5 Å². The van der Waals surface area contributed by atoms with E-state index in [2.05, 4.69) is 259 Å². The first-order valence-corrected chi connectivity index (χ1v) is 40.1. The summed E-state index contributed by atoms with van der Waals surface area (Å²) in [6, 6.07) is 118. The zero-order valence-corrected chi connectivity index (χ0v) is 63.5. The molecule has 0 saturated heterocycles. The first-order chi connectivity index (χ1) is 62.2. The third-order valence-electron chi connectivity index (χ3n) is 24.2. The maximum Gasteiger partial charge on any atom is 0.143 e. The van der Waals surface area contributed by atoms with E-state index in [9.17, 15) is 0 Å². The van der Waals surface area contributed by atoms with Crippen LogP contribution < -0.4 is 0 Å². The Bertz CT molecular complexity index is 8440. The monoisotopic (exact) mass is 1500 g/mol. The summed E-state index contributed by atoms with van der Waals surface area (Å²) in [5.41, 5.74) is 26.3. The number of nitrogens with zero attached hydrogens (tertiary/aromatic N) is 1. The molecule has 0 bridgehead atoms. The highest BCUT2D eigenvalue weighted by Gasteiger charge is 2.27. The SMILES string of the molecule is [2H]c1c([2H])c([2H])c(-c2c3ccccc3c(-c3cccc(-c4ccc5oc6c(-c7ccccc7)cccc6c5c4-c4cccc5c4CCCC5)c3)c3ccccc23)c([2H])c1[2H].[2H]c1c([2H])c([2H])c(-c2c3ccccc3c(-c3cccc(-c4ccc5oc6ccccc6c5c4-c4ccc5c6ccccc6n(-c6ccc7ccccc7c6)c5c4)c3)c3ccccc23)c([2H])c1[2H]. The molecule has 24 rings (SSSR count). The van der Waals surface area contributed by atoms with Gasteiger partial charge in [-0.2, -0.15) is 0 Å². The zero-order valence-electron chi connectivity index (χ0n) is 73.5. The summed E-state index contributed by atoms with van der Waals surface area (Å²) >= 11 is 0. The van der Waals surface area contributed by atoms with Gasteiger partial charge in [0.25, 0.3) is 0 Å². The molecule has 3 aromatic heterocycles. The van der Waals surface area contributed by atoms with Crippen LogP contribution in [0.3, 0.4) is 0 Å². The first kappa shape index (κ1) is 58.0. The van der Waals surface area contributed by atoms with Crippen molar-refractivity contribution >= 4 is 120 Å². The van der Waals surface area contributed by atoms with E-state index >= 15 is 0 Å². The highest BCUT2D eigenvalue weighted by molar-refractivity contribution is 6.25. The molecule has 3 nitrogen and oxygen atoms in total. The molecular weight excluding hydrogens is 1420 g/mol. The lowest BCUT2D eigenvalue weighted by Crippen LogP contribution is -2.04. The molecule has 0 aliphatic heterocycles. The van der Waals surface area contributed by atoms with Gasteiger partial charge in [-0.15, -0.1) is 0 Å². The molecule has 23 aromatic rings. The van der Waals surface area contributed by atoms with Gasteiger partial charge in [-0.25, -0.2) is 0 Å². The highest BCUT2D eigenvalue weighted by Crippen LogP contribution is 2.52. The fourth-order valence-electron chi connectivity index (χ4n) is 19.2. The summed E-state index contributed by atoms with van der Waals surface area (Å²) in [6.45, 7) is 0. The van der Waals surface area contributed by atoms with Gasteiger partial charge in [0.1, 0.15) is 22.3 Å². The standard InChI is InChI=1S/C60H37NO.C54H38O/c1-2-16-39(17-3-1)57-48-22-6-8-24-50(48)58(51-25-9-7-23-49(51)57)42-20-14-19-41(35-42)45-33-34-56-60(52-26-11-13-28-55(52)62-56)59(45)43-30-32-47-46-21-10-12-27-53(46)61(54(47)37-43)44-31-29-38-15-4-5-18-40(38)36-44;1-3-16-36(17-4-1)42-29-15-31-48-53-49(55-54(42)48)33-32-41(52(53)43-30-14-21-35-18-7-8-24-40(35)43)38-22-13-23-39(34-38)51-46-27-11-9-25-44(46)50(37-19-5-2-6-20-37)45-26-10-12-28-47(45)51/h1-37H;1-6,9-17,19-23,25-34H,7-8,18,24H2/i1D,2D,3D,16D,17D;2D,5D,6D,19D,20D. The molecule has 0 atom stereocenters. The molecule has 117 heavy (non-hydrogen) atoms. The van der Waals surface area contributed by atoms with Crippen molar-refractivity contribution in [3.05, 3.63) is 417 Å². The number of benzene rings is 20. The van der Waals surface area contributed by atoms with Crippen LogP contribution in [0.25, 0.3) is 225 Å². The molecule has 1 aliphatic carbocycles. The summed E-state index contributed by atoms with van der Waals surface area (Å²) in [6.07, 6.45) is 4.47. The Morgan fingerprint density at radius 1 is 0.239 bits per heavy atom. The van der Waals surface area contributed by atoms with E-state index in [1.165, 1.54) is 50.2 Å². The van der Waals surface area contributed by atoms with Gasteiger partial charge < -0.3 is 13.4 Å². The highest BCUT2D eigenvalue weighted by atomic mass is 16.3. The molecular formula is C114H75NO2. The molecule has 1 aliphatic rings. The Balaban J connectivity index is 0.000000147. The second kappa shape index (κ2) is 28.0. The van der Waals surface area contributed by atoms with Gasteiger partial charge in [-0.1, -0.05) is 352 Å². The average Bonchev–Trinajstić information content (AvgIpc) is 1.64. The van der Waals surface area contributed by atoms with E-state index in [1.807, 2.05) is 91.0 Å². The number of aryl methyl sites for hydroxylation is 1. The van der Waals surface area contributed by atoms with E-state index in [4.69, 9.17) is 22.5 Å². The van der Waals surface area contributed by atoms with Gasteiger partial charge >= 0.3 is 0 Å². The fraction of sp³-hybridized carbons (Fsp3) is 0.0351. The second-order valence-electron chi connectivity index (χ2n) is 30.6. The number of fused-ring (bicyclic) bond motifs is 15. The maximum atomic E-state index is 9.03. The predicted octanol–water partition coefficient (Wildman–Crippen LogP) is 31.9. The van der Waals surface area contributed by atoms with E-state index in [0.29, 0.717) is 11.1 Å². The Hall–Kier alpha value is -14.9. The quantitative estimate of drug-likeness (QED) is 0.128. The number of aromatic nitrogens is 1. The van der Waals surface area contributed by atoms with Gasteiger partial charge in [0.05, 0.1) is 24.7 Å². The van der Waals surface area contributed by atoms with Crippen molar-refractivity contribution in [2.75, 3.05) is 0 Å². The Kier molecular flexibility index (Phi) is 13.9. The summed E-state index contributed by atoms with van der Waals surface area (Å²) in [4.78, 5) is 0. The molecule has 0 N–H and O–H groups in total. The van der Waals surface area contributed by atoms with Crippen molar-refractivity contribution in [1.82, 2.24) is 4.57 Å². The van der Waals surface area contributed by atoms with Crippen molar-refractivity contribution in [3.63, 3.8) is 0 Å². The molecule has 0 unspecified atom stereocenters. The molecule has 20 aromatic carbocycles. The fourth-order valence-corrected chi connectivity index (χ4v) is 19.2. The van der Waals surface area contributed by atoms with Gasteiger partial charge in [-0.3, -0.25) is 0 Å². The van der Waals surface area contributed by atoms with Crippen LogP contribution in [-0.4, -0.2) is 4.57 Å². The van der Waals surface area contributed by atoms with Crippen molar-refractivity contribution in [2.45, 2.75) is 25.7 Å². The first-order valence-electron chi connectivity index (χ1n) is 45.1. The van der Waals surface area contributed by atoms with Crippen LogP contribution >= 0.6 is 0 Å². The molecule has 0 fully saturated rings. The molecule has 3 heteroatoms. The van der Waals surface area contributed by atoms with Crippen LogP contribution in [0.2, 0.25) is 0 Å². The second-order valence-corrected chi connectivity index (χ2v) is 30.6. The predicted molar refractivity (Wildman–Crippen MR) is 495 cm³/mol. The summed E-state index contributed by atoms with van der Waals surface area (Å²) in [5, 5.41) is 16.0. The Morgan fingerprint density at radius 3 is 1.32 bits per heavy atom. The topological polar surface area (TPSA) is 31.2 Å². The summed E-state index contributed by atoms with van der Waals surface area (Å²) < 4.78 is 103. The number of furan rings is 2.